The molecule has 0 unspecified atom stereocenters. The maximum Gasteiger partial charge on any atom is 0.168 e. The lowest BCUT2D eigenvalue weighted by Crippen LogP contribution is -2.08. The number of carbonyl (C=O) groups is 1. The zero-order valence-corrected chi connectivity index (χ0v) is 13.9. The van der Waals surface area contributed by atoms with Crippen molar-refractivity contribution in [3.8, 4) is 0 Å². The van der Waals surface area contributed by atoms with Gasteiger partial charge in [0.15, 0.2) is 5.78 Å². The minimum absolute atomic E-state index is 0.0427. The minimum atomic E-state index is 0.0427. The molecule has 3 rings (SSSR count). The topological polar surface area (TPSA) is 34.9 Å². The van der Waals surface area contributed by atoms with Crippen LogP contribution in [0.1, 0.15) is 47.8 Å². The Hall–Kier alpha value is -1.13. The number of ketones is 1. The van der Waals surface area contributed by atoms with Gasteiger partial charge >= 0.3 is 0 Å². The van der Waals surface area contributed by atoms with Crippen molar-refractivity contribution in [3.05, 3.63) is 51.2 Å². The van der Waals surface area contributed by atoms with Crippen molar-refractivity contribution >= 4 is 33.3 Å². The second kappa shape index (κ2) is 6.32. The van der Waals surface area contributed by atoms with Crippen molar-refractivity contribution in [1.29, 1.82) is 0 Å². The minimum Gasteiger partial charge on any atom is -0.294 e. The molecule has 2 aromatic rings. The summed E-state index contributed by atoms with van der Waals surface area (Å²) >= 11 is 9.36. The van der Waals surface area contributed by atoms with Gasteiger partial charge in [0.05, 0.1) is 23.2 Å². The number of halogens is 2. The average Bonchev–Trinajstić information content (AvgIpc) is 3.12. The van der Waals surface area contributed by atoms with Crippen molar-refractivity contribution in [2.24, 2.45) is 0 Å². The largest absolute Gasteiger partial charge is 0.294 e. The number of nitrogens with zero attached hydrogens (tertiary/aromatic N) is 2. The van der Waals surface area contributed by atoms with Crippen LogP contribution in [0.15, 0.2) is 34.9 Å². The number of rotatable bonds is 4. The lowest BCUT2D eigenvalue weighted by atomic mass is 10.1. The molecule has 1 fully saturated rings. The molecule has 0 saturated heterocycles. The molecule has 0 radical (unpaired) electrons. The summed E-state index contributed by atoms with van der Waals surface area (Å²) in [5.41, 5.74) is 1.45. The fraction of sp³-hybridized carbons (Fsp3) is 0.375. The summed E-state index contributed by atoms with van der Waals surface area (Å²) in [6.07, 6.45) is 7.24. The molecule has 0 N–H and O–H groups in total. The molecule has 0 atom stereocenters. The smallest absolute Gasteiger partial charge is 0.168 e. The van der Waals surface area contributed by atoms with E-state index in [2.05, 4.69) is 21.0 Å². The highest BCUT2D eigenvalue weighted by molar-refractivity contribution is 9.10. The van der Waals surface area contributed by atoms with Gasteiger partial charge < -0.3 is 0 Å². The Morgan fingerprint density at radius 2 is 2.10 bits per heavy atom. The first kappa shape index (κ1) is 14.8. The zero-order valence-electron chi connectivity index (χ0n) is 11.6. The molecule has 0 bridgehead atoms. The van der Waals surface area contributed by atoms with E-state index in [0.29, 0.717) is 23.0 Å². The fourth-order valence-corrected chi connectivity index (χ4v) is 3.21. The lowest BCUT2D eigenvalue weighted by molar-refractivity contribution is 0.0991. The Labute approximate surface area is 137 Å². The third kappa shape index (κ3) is 3.38. The Balaban J connectivity index is 1.70. The van der Waals surface area contributed by atoms with Crippen LogP contribution in [0, 0.1) is 0 Å². The van der Waals surface area contributed by atoms with E-state index in [1.165, 1.54) is 25.7 Å². The van der Waals surface area contributed by atoms with Crippen LogP contribution in [0.2, 0.25) is 5.02 Å². The van der Waals surface area contributed by atoms with E-state index in [1.807, 2.05) is 16.9 Å². The quantitative estimate of drug-likeness (QED) is 0.725. The van der Waals surface area contributed by atoms with Gasteiger partial charge in [0.25, 0.3) is 0 Å². The molecule has 0 spiro atoms. The summed E-state index contributed by atoms with van der Waals surface area (Å²) in [7, 11) is 0. The number of aromatic nitrogens is 2. The first-order valence-electron chi connectivity index (χ1n) is 7.16. The van der Waals surface area contributed by atoms with Crippen molar-refractivity contribution in [2.45, 2.75) is 38.1 Å². The van der Waals surface area contributed by atoms with E-state index >= 15 is 0 Å². The van der Waals surface area contributed by atoms with Crippen molar-refractivity contribution < 1.29 is 4.79 Å². The van der Waals surface area contributed by atoms with E-state index in [0.717, 1.165) is 10.2 Å². The molecule has 0 aliphatic heterocycles. The normalized spacial score (nSPS) is 15.5. The zero-order chi connectivity index (χ0) is 14.8. The Morgan fingerprint density at radius 1 is 1.33 bits per heavy atom. The van der Waals surface area contributed by atoms with Crippen LogP contribution in [-0.2, 0) is 6.42 Å². The second-order valence-electron chi connectivity index (χ2n) is 5.45. The molecule has 1 aromatic carbocycles. The summed E-state index contributed by atoms with van der Waals surface area (Å²) < 4.78 is 2.82. The molecule has 1 aliphatic rings. The Kier molecular flexibility index (Phi) is 4.45. The summed E-state index contributed by atoms with van der Waals surface area (Å²) in [5.74, 6) is 0.0427. The molecule has 1 saturated carbocycles. The Morgan fingerprint density at radius 3 is 2.81 bits per heavy atom. The first-order chi connectivity index (χ1) is 10.1. The van der Waals surface area contributed by atoms with Gasteiger partial charge in [-0.05, 0) is 47.0 Å². The predicted molar refractivity (Wildman–Crippen MR) is 86.9 cm³/mol. The van der Waals surface area contributed by atoms with Crippen LogP contribution in [0.25, 0.3) is 0 Å². The molecule has 5 heteroatoms. The molecular formula is C16H16BrClN2O. The molecule has 3 nitrogen and oxygen atoms in total. The number of benzene rings is 1. The van der Waals surface area contributed by atoms with Crippen molar-refractivity contribution in [3.63, 3.8) is 0 Å². The molecular weight excluding hydrogens is 352 g/mol. The Bertz CT molecular complexity index is 662. The van der Waals surface area contributed by atoms with Gasteiger partial charge in [0, 0.05) is 16.2 Å². The number of carbonyl (C=O) groups excluding carboxylic acids is 1. The van der Waals surface area contributed by atoms with Crippen LogP contribution in [0.5, 0.6) is 0 Å². The summed E-state index contributed by atoms with van der Waals surface area (Å²) in [4.78, 5) is 12.3. The van der Waals surface area contributed by atoms with Gasteiger partial charge in [0.2, 0.25) is 0 Å². The molecule has 1 aromatic heterocycles. The number of Topliss-reactive ketones (excluding diaryl/α,β-unsaturated/α-hetero) is 1. The van der Waals surface area contributed by atoms with Crippen LogP contribution >= 0.6 is 27.5 Å². The maximum absolute atomic E-state index is 12.3. The number of hydrogen-bond donors (Lipinski definition) is 0. The van der Waals surface area contributed by atoms with Crippen molar-refractivity contribution in [1.82, 2.24) is 9.78 Å². The van der Waals surface area contributed by atoms with Crippen LogP contribution < -0.4 is 0 Å². The molecule has 1 aliphatic carbocycles. The molecule has 21 heavy (non-hydrogen) atoms. The van der Waals surface area contributed by atoms with Gasteiger partial charge in [-0.25, -0.2) is 0 Å². The van der Waals surface area contributed by atoms with E-state index in [-0.39, 0.29) is 5.78 Å². The monoisotopic (exact) mass is 366 g/mol. The summed E-state index contributed by atoms with van der Waals surface area (Å²) in [5, 5.41) is 5.10. The van der Waals surface area contributed by atoms with Gasteiger partial charge in [0.1, 0.15) is 0 Å². The lowest BCUT2D eigenvalue weighted by Gasteiger charge is -2.08. The first-order valence-corrected chi connectivity index (χ1v) is 8.33. The van der Waals surface area contributed by atoms with Gasteiger partial charge in [-0.1, -0.05) is 30.5 Å². The standard InChI is InChI=1S/C16H16BrClN2O/c17-14-6-5-11(9-15(14)18)16(21)10-12-7-8-20(19-12)13-3-1-2-4-13/h5-9,13H,1-4,10H2. The van der Waals surface area contributed by atoms with E-state index in [1.54, 1.807) is 18.2 Å². The van der Waals surface area contributed by atoms with Crippen LogP contribution in [0.3, 0.4) is 0 Å². The van der Waals surface area contributed by atoms with Gasteiger partial charge in [-0.3, -0.25) is 9.48 Å². The van der Waals surface area contributed by atoms with E-state index < -0.39 is 0 Å². The van der Waals surface area contributed by atoms with Crippen LogP contribution in [0.4, 0.5) is 0 Å². The van der Waals surface area contributed by atoms with Crippen molar-refractivity contribution in [2.75, 3.05) is 0 Å². The predicted octanol–water partition coefficient (Wildman–Crippen LogP) is 4.84. The van der Waals surface area contributed by atoms with E-state index in [4.69, 9.17) is 11.6 Å². The average molecular weight is 368 g/mol. The molecule has 0 amide bonds. The molecule has 1 heterocycles. The fourth-order valence-electron chi connectivity index (χ4n) is 2.78. The molecule has 110 valence electrons. The highest BCUT2D eigenvalue weighted by Crippen LogP contribution is 2.29. The SMILES string of the molecule is O=C(Cc1ccn(C2CCCC2)n1)c1ccc(Br)c(Cl)c1. The third-order valence-electron chi connectivity index (χ3n) is 3.95. The number of hydrogen-bond acceptors (Lipinski definition) is 2. The van der Waals surface area contributed by atoms with Gasteiger partial charge in [-0.2, -0.15) is 5.10 Å². The highest BCUT2D eigenvalue weighted by atomic mass is 79.9. The maximum atomic E-state index is 12.3. The third-order valence-corrected chi connectivity index (χ3v) is 5.18. The van der Waals surface area contributed by atoms with E-state index in [9.17, 15) is 4.79 Å². The van der Waals surface area contributed by atoms with Gasteiger partial charge in [-0.15, -0.1) is 0 Å². The summed E-state index contributed by atoms with van der Waals surface area (Å²) in [6.45, 7) is 0. The van der Waals surface area contributed by atoms with Crippen LogP contribution in [-0.4, -0.2) is 15.6 Å². The summed E-state index contributed by atoms with van der Waals surface area (Å²) in [6, 6.07) is 7.73. The second-order valence-corrected chi connectivity index (χ2v) is 6.72. The highest BCUT2D eigenvalue weighted by Gasteiger charge is 2.18.